The summed E-state index contributed by atoms with van der Waals surface area (Å²) in [6.45, 7) is 0. The molecule has 0 spiro atoms. The van der Waals surface area contributed by atoms with Gasteiger partial charge in [-0.1, -0.05) is 11.6 Å². The van der Waals surface area contributed by atoms with E-state index in [4.69, 9.17) is 22.1 Å². The number of alkyl halides is 3. The second-order valence-corrected chi connectivity index (χ2v) is 8.92. The molecule has 0 saturated carbocycles. The maximum Gasteiger partial charge on any atom is 0.416 e. The summed E-state index contributed by atoms with van der Waals surface area (Å²) in [5.74, 6) is -3.40. The van der Waals surface area contributed by atoms with Gasteiger partial charge in [0.1, 0.15) is 23.7 Å². The number of rotatable bonds is 5. The summed E-state index contributed by atoms with van der Waals surface area (Å²) in [7, 11) is 1.59. The van der Waals surface area contributed by atoms with Crippen LogP contribution in [0.25, 0.3) is 22.0 Å². The molecule has 0 atom stereocenters. The Morgan fingerprint density at radius 2 is 1.77 bits per heavy atom. The molecule has 0 radical (unpaired) electrons. The highest BCUT2D eigenvalue weighted by Gasteiger charge is 2.32. The molecular weight excluding hydrogens is 559 g/mol. The lowest BCUT2D eigenvalue weighted by atomic mass is 10.0. The van der Waals surface area contributed by atoms with Gasteiger partial charge in [0.15, 0.2) is 11.6 Å². The van der Waals surface area contributed by atoms with Crippen molar-refractivity contribution in [3.63, 3.8) is 0 Å². The number of nitrogens with one attached hydrogen (secondary N) is 1. The average Bonchev–Trinajstić information content (AvgIpc) is 3.20. The van der Waals surface area contributed by atoms with Gasteiger partial charge in [-0.05, 0) is 36.4 Å². The number of halogens is 6. The Bertz CT molecular complexity index is 1780. The van der Waals surface area contributed by atoms with Crippen molar-refractivity contribution in [3.05, 3.63) is 89.0 Å². The van der Waals surface area contributed by atoms with Crippen LogP contribution in [0.4, 0.5) is 33.5 Å². The van der Waals surface area contributed by atoms with E-state index in [-0.39, 0.29) is 39.5 Å². The summed E-state index contributed by atoms with van der Waals surface area (Å²) in [5.41, 5.74) is 5.39. The van der Waals surface area contributed by atoms with Crippen LogP contribution < -0.4 is 15.8 Å². The van der Waals surface area contributed by atoms with Crippen LogP contribution in [0.1, 0.15) is 15.9 Å². The number of ether oxygens (including phenoxy) is 1. The molecule has 2 aromatic heterocycles. The summed E-state index contributed by atoms with van der Waals surface area (Å²) in [4.78, 5) is 21.2. The number of anilines is 2. The van der Waals surface area contributed by atoms with E-state index in [0.717, 1.165) is 12.1 Å². The third-order valence-corrected chi connectivity index (χ3v) is 6.11. The number of benzene rings is 3. The lowest BCUT2D eigenvalue weighted by Gasteiger charge is -2.18. The molecule has 0 fully saturated rings. The number of carbonyl (C=O) groups excluding carboxylic acids is 1. The zero-order valence-electron chi connectivity index (χ0n) is 20.2. The normalized spacial score (nSPS) is 11.6. The lowest BCUT2D eigenvalue weighted by Crippen LogP contribution is -2.15. The van der Waals surface area contributed by atoms with Gasteiger partial charge in [0.2, 0.25) is 0 Å². The molecule has 0 aliphatic rings. The first kappa shape index (κ1) is 26.8. The van der Waals surface area contributed by atoms with Crippen LogP contribution in [0.3, 0.4) is 0 Å². The summed E-state index contributed by atoms with van der Waals surface area (Å²) in [5, 5.41) is 6.85. The number of nitrogen functional groups attached to an aromatic ring is 1. The van der Waals surface area contributed by atoms with Crippen LogP contribution in [0.5, 0.6) is 11.5 Å². The molecule has 14 heteroatoms. The quantitative estimate of drug-likeness (QED) is 0.229. The van der Waals surface area contributed by atoms with E-state index in [1.165, 1.54) is 35.5 Å². The first-order valence-corrected chi connectivity index (χ1v) is 11.7. The Hall–Kier alpha value is -4.78. The number of amides is 1. The molecule has 0 aliphatic heterocycles. The molecule has 5 rings (SSSR count). The number of nitrogens with two attached hydrogens (primary N) is 1. The van der Waals surface area contributed by atoms with E-state index in [1.807, 2.05) is 0 Å². The number of aryl methyl sites for hydroxylation is 1. The molecular formula is C26H16ClF5N6O2. The maximum atomic E-state index is 14.1. The van der Waals surface area contributed by atoms with Gasteiger partial charge in [-0.25, -0.2) is 18.7 Å². The van der Waals surface area contributed by atoms with Crippen molar-refractivity contribution in [1.29, 1.82) is 0 Å². The van der Waals surface area contributed by atoms with Crippen molar-refractivity contribution in [3.8, 4) is 22.6 Å². The van der Waals surface area contributed by atoms with Crippen LogP contribution in [0, 0.1) is 11.6 Å². The van der Waals surface area contributed by atoms with Crippen LogP contribution in [0.2, 0.25) is 5.02 Å². The van der Waals surface area contributed by atoms with Crippen molar-refractivity contribution >= 4 is 39.9 Å². The minimum Gasteiger partial charge on any atom is -0.453 e. The van der Waals surface area contributed by atoms with Crippen molar-refractivity contribution in [2.45, 2.75) is 6.18 Å². The van der Waals surface area contributed by atoms with Crippen molar-refractivity contribution < 1.29 is 31.5 Å². The molecule has 0 saturated heterocycles. The van der Waals surface area contributed by atoms with Gasteiger partial charge in [0.25, 0.3) is 5.91 Å². The molecule has 3 N–H and O–H groups in total. The Morgan fingerprint density at radius 1 is 1.05 bits per heavy atom. The van der Waals surface area contributed by atoms with E-state index in [9.17, 15) is 26.7 Å². The van der Waals surface area contributed by atoms with Gasteiger partial charge in [-0.15, -0.1) is 0 Å². The zero-order chi connectivity index (χ0) is 28.8. The van der Waals surface area contributed by atoms with Crippen LogP contribution in [-0.4, -0.2) is 25.7 Å². The lowest BCUT2D eigenvalue weighted by molar-refractivity contribution is -0.137. The topological polar surface area (TPSA) is 108 Å². The summed E-state index contributed by atoms with van der Waals surface area (Å²) < 4.78 is 75.3. The van der Waals surface area contributed by atoms with Gasteiger partial charge in [-0.3, -0.25) is 9.48 Å². The molecule has 2 heterocycles. The summed E-state index contributed by atoms with van der Waals surface area (Å²) in [6.07, 6.45) is -0.652. The van der Waals surface area contributed by atoms with E-state index in [1.54, 1.807) is 7.05 Å². The van der Waals surface area contributed by atoms with Crippen LogP contribution >= 0.6 is 11.6 Å². The second kappa shape index (κ2) is 10.1. The van der Waals surface area contributed by atoms with Gasteiger partial charge in [0.05, 0.1) is 27.2 Å². The van der Waals surface area contributed by atoms with E-state index in [2.05, 4.69) is 20.4 Å². The number of hydrogen-bond acceptors (Lipinski definition) is 6. The van der Waals surface area contributed by atoms with E-state index < -0.39 is 34.8 Å². The molecule has 0 bridgehead atoms. The zero-order valence-corrected chi connectivity index (χ0v) is 21.0. The van der Waals surface area contributed by atoms with Crippen LogP contribution in [-0.2, 0) is 13.2 Å². The Kier molecular flexibility index (Phi) is 6.75. The van der Waals surface area contributed by atoms with Crippen molar-refractivity contribution in [1.82, 2.24) is 19.7 Å². The van der Waals surface area contributed by atoms with Gasteiger partial charge < -0.3 is 15.8 Å². The molecule has 204 valence electrons. The third-order valence-electron chi connectivity index (χ3n) is 5.80. The minimum absolute atomic E-state index is 0.00905. The van der Waals surface area contributed by atoms with Crippen LogP contribution in [0.15, 0.2) is 61.2 Å². The second-order valence-electron chi connectivity index (χ2n) is 8.52. The van der Waals surface area contributed by atoms with E-state index >= 15 is 0 Å². The molecule has 1 amide bonds. The number of aromatic nitrogens is 4. The van der Waals surface area contributed by atoms with Crippen molar-refractivity contribution in [2.75, 3.05) is 11.1 Å². The smallest absolute Gasteiger partial charge is 0.416 e. The molecule has 40 heavy (non-hydrogen) atoms. The molecule has 3 aromatic carbocycles. The molecule has 8 nitrogen and oxygen atoms in total. The number of carbonyl (C=O) groups is 1. The highest BCUT2D eigenvalue weighted by Crippen LogP contribution is 2.46. The predicted octanol–water partition coefficient (Wildman–Crippen LogP) is 6.61. The largest absolute Gasteiger partial charge is 0.453 e. The SMILES string of the molecule is Cn1nc(N)c2c(Oc3cc(F)ccc3Cl)c(NC(=O)c3cc(F)cc(C(F)(F)F)c3)cc(-c3cncnc3)c21. The number of hydrogen-bond donors (Lipinski definition) is 2. The molecule has 5 aromatic rings. The molecule has 0 unspecified atom stereocenters. The Balaban J connectivity index is 1.73. The summed E-state index contributed by atoms with van der Waals surface area (Å²) in [6, 6.07) is 6.19. The molecule has 0 aliphatic carbocycles. The van der Waals surface area contributed by atoms with Gasteiger partial charge in [-0.2, -0.15) is 18.3 Å². The van der Waals surface area contributed by atoms with Gasteiger partial charge >= 0.3 is 6.18 Å². The number of fused-ring (bicyclic) bond motifs is 1. The fourth-order valence-corrected chi connectivity index (χ4v) is 4.25. The van der Waals surface area contributed by atoms with Gasteiger partial charge in [0, 0.05) is 42.2 Å². The maximum absolute atomic E-state index is 14.1. The number of nitrogens with zero attached hydrogens (tertiary/aromatic N) is 4. The first-order chi connectivity index (χ1) is 18.9. The monoisotopic (exact) mass is 574 g/mol. The Morgan fingerprint density at radius 3 is 2.48 bits per heavy atom. The predicted molar refractivity (Wildman–Crippen MR) is 137 cm³/mol. The Labute approximate surface area is 227 Å². The highest BCUT2D eigenvalue weighted by molar-refractivity contribution is 6.32. The summed E-state index contributed by atoms with van der Waals surface area (Å²) >= 11 is 6.21. The van der Waals surface area contributed by atoms with E-state index in [0.29, 0.717) is 28.8 Å². The minimum atomic E-state index is -4.90. The fraction of sp³-hybridized carbons (Fsp3) is 0.0769. The van der Waals surface area contributed by atoms with Crippen molar-refractivity contribution in [2.24, 2.45) is 7.05 Å². The standard InChI is InChI=1S/C26H16ClF5N6O2/c1-38-22-17(13-9-34-11-35-10-13)8-19(36-25(39)12-4-14(26(30,31)32)6-16(29)5-12)23(21(22)24(33)37-38)40-20-7-15(28)2-3-18(20)27/h2-11H,1H3,(H2,33,37)(H,36,39). The first-order valence-electron chi connectivity index (χ1n) is 11.3. The third kappa shape index (κ3) is 5.10. The highest BCUT2D eigenvalue weighted by atomic mass is 35.5. The average molecular weight is 575 g/mol. The fourth-order valence-electron chi connectivity index (χ4n) is 4.09.